The standard InChI is InChI=1S/C24H30N4O3S/c1-17(29)27-13-10-18(11-14-27)16-28-21-9-8-19(15-20(21)26-23(28)24(2,3)4)32(30,31)22-7-5-6-12-25-22/h5-9,12,15,18H,10-11,13-14,16H2,1-4H3. The number of piperidine rings is 1. The van der Waals surface area contributed by atoms with Crippen molar-refractivity contribution in [3.63, 3.8) is 0 Å². The molecule has 3 heterocycles. The number of carbonyl (C=O) groups excluding carboxylic acids is 1. The van der Waals surface area contributed by atoms with Crippen molar-refractivity contribution in [2.45, 2.75) is 62.4 Å². The van der Waals surface area contributed by atoms with E-state index in [0.717, 1.165) is 43.8 Å². The van der Waals surface area contributed by atoms with E-state index in [4.69, 9.17) is 4.98 Å². The molecule has 0 unspecified atom stereocenters. The molecule has 1 aliphatic heterocycles. The summed E-state index contributed by atoms with van der Waals surface area (Å²) < 4.78 is 28.3. The van der Waals surface area contributed by atoms with Gasteiger partial charge in [0.2, 0.25) is 15.7 Å². The second-order valence-electron chi connectivity index (χ2n) is 9.57. The van der Waals surface area contributed by atoms with Crippen molar-refractivity contribution >= 4 is 26.8 Å². The first-order valence-electron chi connectivity index (χ1n) is 11.0. The van der Waals surface area contributed by atoms with E-state index in [-0.39, 0.29) is 21.2 Å². The van der Waals surface area contributed by atoms with Gasteiger partial charge in [0.25, 0.3) is 0 Å². The molecular weight excluding hydrogens is 424 g/mol. The van der Waals surface area contributed by atoms with Gasteiger partial charge in [-0.3, -0.25) is 4.79 Å². The molecule has 4 rings (SSSR count). The van der Waals surface area contributed by atoms with Crippen LogP contribution in [0.2, 0.25) is 0 Å². The lowest BCUT2D eigenvalue weighted by molar-refractivity contribution is -0.130. The van der Waals surface area contributed by atoms with Gasteiger partial charge in [-0.15, -0.1) is 0 Å². The van der Waals surface area contributed by atoms with Gasteiger partial charge in [0, 0.05) is 38.2 Å². The van der Waals surface area contributed by atoms with Crippen molar-refractivity contribution in [1.82, 2.24) is 19.4 Å². The van der Waals surface area contributed by atoms with Crippen molar-refractivity contribution in [3.8, 4) is 0 Å². The van der Waals surface area contributed by atoms with Crippen molar-refractivity contribution < 1.29 is 13.2 Å². The fraction of sp³-hybridized carbons (Fsp3) is 0.458. The molecule has 0 bridgehead atoms. The van der Waals surface area contributed by atoms with E-state index in [0.29, 0.717) is 11.4 Å². The fourth-order valence-electron chi connectivity index (χ4n) is 4.35. The molecule has 0 atom stereocenters. The van der Waals surface area contributed by atoms with E-state index in [1.165, 1.54) is 12.3 Å². The third kappa shape index (κ3) is 4.28. The van der Waals surface area contributed by atoms with Gasteiger partial charge in [-0.05, 0) is 49.1 Å². The number of hydrogen-bond acceptors (Lipinski definition) is 5. The third-order valence-corrected chi connectivity index (χ3v) is 7.78. The maximum Gasteiger partial charge on any atom is 0.223 e. The Bertz CT molecular complexity index is 1240. The zero-order valence-electron chi connectivity index (χ0n) is 19.1. The monoisotopic (exact) mass is 454 g/mol. The number of likely N-dealkylation sites (tertiary alicyclic amines) is 1. The van der Waals surface area contributed by atoms with Crippen LogP contribution in [-0.4, -0.2) is 46.8 Å². The second kappa shape index (κ2) is 8.31. The SMILES string of the molecule is CC(=O)N1CCC(Cn2c(C(C)(C)C)nc3cc(S(=O)(=O)c4ccccn4)ccc32)CC1. The lowest BCUT2D eigenvalue weighted by Crippen LogP contribution is -2.38. The summed E-state index contributed by atoms with van der Waals surface area (Å²) in [6.07, 6.45) is 3.39. The average molecular weight is 455 g/mol. The molecule has 0 N–H and O–H groups in total. The number of hydrogen-bond donors (Lipinski definition) is 0. The van der Waals surface area contributed by atoms with Crippen molar-refractivity contribution in [2.75, 3.05) is 13.1 Å². The summed E-state index contributed by atoms with van der Waals surface area (Å²) in [5.41, 5.74) is 1.41. The summed E-state index contributed by atoms with van der Waals surface area (Å²) in [6.45, 7) is 10.4. The minimum absolute atomic E-state index is 0.0343. The number of pyridine rings is 1. The Kier molecular flexibility index (Phi) is 5.83. The first kappa shape index (κ1) is 22.5. The van der Waals surface area contributed by atoms with Crippen LogP contribution >= 0.6 is 0 Å². The van der Waals surface area contributed by atoms with Crippen LogP contribution in [0.1, 0.15) is 46.4 Å². The average Bonchev–Trinajstić information content (AvgIpc) is 3.13. The highest BCUT2D eigenvalue weighted by atomic mass is 32.2. The Morgan fingerprint density at radius 3 is 2.44 bits per heavy atom. The first-order valence-corrected chi connectivity index (χ1v) is 12.5. The van der Waals surface area contributed by atoms with Crippen LogP contribution in [0.3, 0.4) is 0 Å². The summed E-state index contributed by atoms with van der Waals surface area (Å²) in [5, 5.41) is 0.0343. The second-order valence-corrected chi connectivity index (χ2v) is 11.5. The molecule has 8 heteroatoms. The Hall–Kier alpha value is -2.74. The number of carbonyl (C=O) groups is 1. The summed E-state index contributed by atoms with van der Waals surface area (Å²) in [5.74, 6) is 1.52. The van der Waals surface area contributed by atoms with E-state index < -0.39 is 9.84 Å². The zero-order chi connectivity index (χ0) is 23.1. The van der Waals surface area contributed by atoms with Crippen LogP contribution in [0.15, 0.2) is 52.5 Å². The molecule has 0 saturated carbocycles. The van der Waals surface area contributed by atoms with Gasteiger partial charge >= 0.3 is 0 Å². The van der Waals surface area contributed by atoms with E-state index in [1.807, 2.05) is 11.0 Å². The number of imidazole rings is 1. The highest BCUT2D eigenvalue weighted by molar-refractivity contribution is 7.91. The van der Waals surface area contributed by atoms with Gasteiger partial charge < -0.3 is 9.47 Å². The molecule has 1 aromatic carbocycles. The Morgan fingerprint density at radius 2 is 1.84 bits per heavy atom. The predicted molar refractivity (Wildman–Crippen MR) is 123 cm³/mol. The number of rotatable bonds is 4. The molecule has 1 amide bonds. The topological polar surface area (TPSA) is 85.2 Å². The van der Waals surface area contributed by atoms with Crippen LogP contribution in [0.25, 0.3) is 11.0 Å². The zero-order valence-corrected chi connectivity index (χ0v) is 19.9. The van der Waals surface area contributed by atoms with Crippen molar-refractivity contribution in [1.29, 1.82) is 0 Å². The maximum absolute atomic E-state index is 13.0. The molecule has 0 aliphatic carbocycles. The minimum Gasteiger partial charge on any atom is -0.343 e. The van der Waals surface area contributed by atoms with Crippen LogP contribution in [0.5, 0.6) is 0 Å². The number of benzene rings is 1. The number of aromatic nitrogens is 3. The van der Waals surface area contributed by atoms with Gasteiger partial charge in [-0.25, -0.2) is 18.4 Å². The Morgan fingerprint density at radius 1 is 1.12 bits per heavy atom. The van der Waals surface area contributed by atoms with Gasteiger partial charge in [0.05, 0.1) is 15.9 Å². The van der Waals surface area contributed by atoms with E-state index >= 15 is 0 Å². The number of amides is 1. The Balaban J connectivity index is 1.71. The molecule has 32 heavy (non-hydrogen) atoms. The number of sulfone groups is 1. The summed E-state index contributed by atoms with van der Waals surface area (Å²) in [4.78, 5) is 22.7. The Labute approximate surface area is 189 Å². The third-order valence-electron chi connectivity index (χ3n) is 6.11. The predicted octanol–water partition coefficient (Wildman–Crippen LogP) is 3.82. The smallest absolute Gasteiger partial charge is 0.223 e. The molecule has 3 aromatic rings. The normalized spacial score (nSPS) is 15.9. The van der Waals surface area contributed by atoms with Crippen molar-refractivity contribution in [2.24, 2.45) is 5.92 Å². The van der Waals surface area contributed by atoms with Gasteiger partial charge in [-0.2, -0.15) is 0 Å². The molecule has 0 radical (unpaired) electrons. The fourth-order valence-corrected chi connectivity index (χ4v) is 5.56. The maximum atomic E-state index is 13.0. The molecule has 1 saturated heterocycles. The molecule has 7 nitrogen and oxygen atoms in total. The number of nitrogens with zero attached hydrogens (tertiary/aromatic N) is 4. The molecule has 170 valence electrons. The lowest BCUT2D eigenvalue weighted by atomic mass is 9.93. The van der Waals surface area contributed by atoms with Crippen LogP contribution in [-0.2, 0) is 26.6 Å². The minimum atomic E-state index is -3.71. The summed E-state index contributed by atoms with van der Waals surface area (Å²) in [7, 11) is -3.71. The van der Waals surface area contributed by atoms with E-state index in [9.17, 15) is 13.2 Å². The highest BCUT2D eigenvalue weighted by Crippen LogP contribution is 2.31. The molecule has 2 aromatic heterocycles. The first-order chi connectivity index (χ1) is 15.1. The van der Waals surface area contributed by atoms with Crippen LogP contribution in [0.4, 0.5) is 0 Å². The molecule has 1 fully saturated rings. The number of fused-ring (bicyclic) bond motifs is 1. The quantitative estimate of drug-likeness (QED) is 0.598. The van der Waals surface area contributed by atoms with E-state index in [2.05, 4.69) is 30.3 Å². The highest BCUT2D eigenvalue weighted by Gasteiger charge is 2.28. The van der Waals surface area contributed by atoms with Crippen LogP contribution in [0, 0.1) is 5.92 Å². The summed E-state index contributed by atoms with van der Waals surface area (Å²) in [6, 6.07) is 10.0. The molecule has 1 aliphatic rings. The van der Waals surface area contributed by atoms with Gasteiger partial charge in [-0.1, -0.05) is 26.8 Å². The van der Waals surface area contributed by atoms with Gasteiger partial charge in [0.15, 0.2) is 5.03 Å². The lowest BCUT2D eigenvalue weighted by Gasteiger charge is -2.32. The molecule has 0 spiro atoms. The molecular formula is C24H30N4O3S. The van der Waals surface area contributed by atoms with E-state index in [1.54, 1.807) is 31.2 Å². The van der Waals surface area contributed by atoms with Crippen LogP contribution < -0.4 is 0 Å². The largest absolute Gasteiger partial charge is 0.343 e. The summed E-state index contributed by atoms with van der Waals surface area (Å²) >= 11 is 0. The van der Waals surface area contributed by atoms with Crippen molar-refractivity contribution in [3.05, 3.63) is 48.4 Å². The van der Waals surface area contributed by atoms with Gasteiger partial charge in [0.1, 0.15) is 5.82 Å².